The van der Waals surface area contributed by atoms with Crippen molar-refractivity contribution in [1.29, 1.82) is 0 Å². The van der Waals surface area contributed by atoms with Crippen LogP contribution in [0.4, 0.5) is 0 Å². The first-order chi connectivity index (χ1) is 12.3. The van der Waals surface area contributed by atoms with Gasteiger partial charge < -0.3 is 4.90 Å². The van der Waals surface area contributed by atoms with Crippen LogP contribution < -0.4 is 4.72 Å². The molecule has 0 aliphatic heterocycles. The minimum absolute atomic E-state index is 0.0674. The average Bonchev–Trinajstić information content (AvgIpc) is 2.58. The fourth-order valence-electron chi connectivity index (χ4n) is 3.18. The molecule has 1 aromatic rings. The molecule has 0 bridgehead atoms. The molecule has 0 spiro atoms. The van der Waals surface area contributed by atoms with E-state index in [9.17, 15) is 13.2 Å². The summed E-state index contributed by atoms with van der Waals surface area (Å²) in [7, 11) is -3.67. The molecular formula is C20H28N2O3S. The minimum atomic E-state index is -3.67. The fraction of sp³-hybridized carbons (Fsp3) is 0.550. The molecule has 1 aromatic carbocycles. The van der Waals surface area contributed by atoms with Gasteiger partial charge in [0.1, 0.15) is 5.75 Å². The van der Waals surface area contributed by atoms with Crippen LogP contribution in [0.1, 0.15) is 43.7 Å². The molecule has 1 aliphatic carbocycles. The Kier molecular flexibility index (Phi) is 7.24. The third-order valence-corrected chi connectivity index (χ3v) is 6.12. The van der Waals surface area contributed by atoms with Gasteiger partial charge in [0.2, 0.25) is 15.9 Å². The van der Waals surface area contributed by atoms with Gasteiger partial charge in [0.15, 0.2) is 0 Å². The SMILES string of the molecule is C#CCN(Cc1ccc(C)cc1)C(=O)CS(=O)(=O)NC1CCC(C)CC1. The maximum Gasteiger partial charge on any atom is 0.240 e. The van der Waals surface area contributed by atoms with E-state index >= 15 is 0 Å². The first-order valence-electron chi connectivity index (χ1n) is 9.06. The van der Waals surface area contributed by atoms with Crippen molar-refractivity contribution in [3.63, 3.8) is 0 Å². The molecule has 2 rings (SSSR count). The Labute approximate surface area is 157 Å². The number of hydrogen-bond donors (Lipinski definition) is 1. The normalized spacial score (nSPS) is 20.3. The molecule has 1 amide bonds. The molecule has 142 valence electrons. The third-order valence-electron chi connectivity index (χ3n) is 4.80. The second-order valence-electron chi connectivity index (χ2n) is 7.27. The molecule has 26 heavy (non-hydrogen) atoms. The smallest absolute Gasteiger partial charge is 0.240 e. The summed E-state index contributed by atoms with van der Waals surface area (Å²) in [5.41, 5.74) is 2.04. The molecule has 1 aliphatic rings. The van der Waals surface area contributed by atoms with Crippen molar-refractivity contribution >= 4 is 15.9 Å². The highest BCUT2D eigenvalue weighted by molar-refractivity contribution is 7.90. The van der Waals surface area contributed by atoms with E-state index in [2.05, 4.69) is 17.6 Å². The Bertz CT molecular complexity index is 742. The van der Waals surface area contributed by atoms with Gasteiger partial charge in [-0.2, -0.15) is 0 Å². The highest BCUT2D eigenvalue weighted by atomic mass is 32.2. The molecule has 0 atom stereocenters. The van der Waals surface area contributed by atoms with Crippen molar-refractivity contribution < 1.29 is 13.2 Å². The number of nitrogens with one attached hydrogen (secondary N) is 1. The topological polar surface area (TPSA) is 66.5 Å². The minimum Gasteiger partial charge on any atom is -0.326 e. The van der Waals surface area contributed by atoms with E-state index in [4.69, 9.17) is 6.42 Å². The van der Waals surface area contributed by atoms with Crippen molar-refractivity contribution in [2.45, 2.75) is 52.1 Å². The Morgan fingerprint density at radius 1 is 1.23 bits per heavy atom. The summed E-state index contributed by atoms with van der Waals surface area (Å²) in [6.45, 7) is 4.55. The summed E-state index contributed by atoms with van der Waals surface area (Å²) < 4.78 is 27.5. The molecular weight excluding hydrogens is 348 g/mol. The molecule has 5 nitrogen and oxygen atoms in total. The monoisotopic (exact) mass is 376 g/mol. The number of terminal acetylenes is 1. The first-order valence-corrected chi connectivity index (χ1v) is 10.7. The van der Waals surface area contributed by atoms with E-state index in [0.717, 1.165) is 36.8 Å². The van der Waals surface area contributed by atoms with Crippen LogP contribution in [-0.2, 0) is 21.4 Å². The summed E-state index contributed by atoms with van der Waals surface area (Å²) in [4.78, 5) is 13.9. The second kappa shape index (κ2) is 9.20. The van der Waals surface area contributed by atoms with Gasteiger partial charge in [-0.05, 0) is 44.1 Å². The van der Waals surface area contributed by atoms with E-state index in [1.807, 2.05) is 31.2 Å². The average molecular weight is 377 g/mol. The number of nitrogens with zero attached hydrogens (tertiary/aromatic N) is 1. The third kappa shape index (κ3) is 6.47. The molecule has 0 saturated heterocycles. The predicted octanol–water partition coefficient (Wildman–Crippen LogP) is 2.45. The summed E-state index contributed by atoms with van der Waals surface area (Å²) in [5, 5.41) is 0. The van der Waals surface area contributed by atoms with E-state index in [1.54, 1.807) is 0 Å². The number of hydrogen-bond acceptors (Lipinski definition) is 3. The number of rotatable bonds is 7. The Morgan fingerprint density at radius 2 is 1.85 bits per heavy atom. The summed E-state index contributed by atoms with van der Waals surface area (Å²) >= 11 is 0. The number of aryl methyl sites for hydroxylation is 1. The Balaban J connectivity index is 1.97. The van der Waals surface area contributed by atoms with Crippen molar-refractivity contribution in [3.8, 4) is 12.3 Å². The van der Waals surface area contributed by atoms with Gasteiger partial charge >= 0.3 is 0 Å². The second-order valence-corrected chi connectivity index (χ2v) is 9.03. The van der Waals surface area contributed by atoms with Crippen molar-refractivity contribution in [2.75, 3.05) is 12.3 Å². The lowest BCUT2D eigenvalue weighted by atomic mass is 9.88. The predicted molar refractivity (Wildman–Crippen MR) is 104 cm³/mol. The van der Waals surface area contributed by atoms with Crippen LogP contribution in [0.25, 0.3) is 0 Å². The van der Waals surface area contributed by atoms with Crippen molar-refractivity contribution in [1.82, 2.24) is 9.62 Å². The van der Waals surface area contributed by atoms with Crippen LogP contribution in [0.3, 0.4) is 0 Å². The van der Waals surface area contributed by atoms with Crippen LogP contribution in [0, 0.1) is 25.2 Å². The summed E-state index contributed by atoms with van der Waals surface area (Å²) in [5.74, 6) is 2.04. The standard InChI is InChI=1S/C20H28N2O3S/c1-4-13-22(14-18-9-5-16(2)6-10-18)20(23)15-26(24,25)21-19-11-7-17(3)8-12-19/h1,5-6,9-10,17,19,21H,7-8,11-15H2,2-3H3. The summed E-state index contributed by atoms with van der Waals surface area (Å²) in [6, 6.07) is 7.68. The molecule has 0 unspecified atom stereocenters. The zero-order valence-corrected chi connectivity index (χ0v) is 16.4. The van der Waals surface area contributed by atoms with Gasteiger partial charge in [0, 0.05) is 12.6 Å². The largest absolute Gasteiger partial charge is 0.326 e. The van der Waals surface area contributed by atoms with Crippen molar-refractivity contribution in [2.24, 2.45) is 5.92 Å². The van der Waals surface area contributed by atoms with Gasteiger partial charge in [-0.1, -0.05) is 42.7 Å². The lowest BCUT2D eigenvalue weighted by Crippen LogP contribution is -2.43. The molecule has 1 fully saturated rings. The molecule has 0 radical (unpaired) electrons. The number of carbonyl (C=O) groups excluding carboxylic acids is 1. The van der Waals surface area contributed by atoms with E-state index < -0.39 is 21.7 Å². The van der Waals surface area contributed by atoms with E-state index in [1.165, 1.54) is 4.90 Å². The molecule has 1 N–H and O–H groups in total. The molecule has 0 heterocycles. The lowest BCUT2D eigenvalue weighted by Gasteiger charge is -2.27. The van der Waals surface area contributed by atoms with Gasteiger partial charge in [-0.15, -0.1) is 6.42 Å². The van der Waals surface area contributed by atoms with Crippen molar-refractivity contribution in [3.05, 3.63) is 35.4 Å². The van der Waals surface area contributed by atoms with Gasteiger partial charge in [0.25, 0.3) is 0 Å². The van der Waals surface area contributed by atoms with Crippen LogP contribution in [-0.4, -0.2) is 37.6 Å². The molecule has 6 heteroatoms. The molecule has 1 saturated carbocycles. The van der Waals surface area contributed by atoms with Crippen LogP contribution in [0.5, 0.6) is 0 Å². The van der Waals surface area contributed by atoms with Gasteiger partial charge in [-0.3, -0.25) is 4.79 Å². The first kappa shape index (κ1) is 20.5. The Hall–Kier alpha value is -1.84. The zero-order valence-electron chi connectivity index (χ0n) is 15.6. The zero-order chi connectivity index (χ0) is 19.2. The lowest BCUT2D eigenvalue weighted by molar-refractivity contribution is -0.128. The highest BCUT2D eigenvalue weighted by Gasteiger charge is 2.26. The van der Waals surface area contributed by atoms with Crippen LogP contribution >= 0.6 is 0 Å². The van der Waals surface area contributed by atoms with Crippen LogP contribution in [0.15, 0.2) is 24.3 Å². The van der Waals surface area contributed by atoms with Gasteiger partial charge in [0.05, 0.1) is 6.54 Å². The Morgan fingerprint density at radius 3 is 2.42 bits per heavy atom. The molecule has 0 aromatic heterocycles. The maximum atomic E-state index is 12.5. The maximum absolute atomic E-state index is 12.5. The quantitative estimate of drug-likeness (QED) is 0.744. The number of benzene rings is 1. The van der Waals surface area contributed by atoms with Gasteiger partial charge in [-0.25, -0.2) is 13.1 Å². The number of carbonyl (C=O) groups is 1. The summed E-state index contributed by atoms with van der Waals surface area (Å²) in [6.07, 6.45) is 9.04. The van der Waals surface area contributed by atoms with E-state index in [-0.39, 0.29) is 12.6 Å². The fourth-order valence-corrected chi connectivity index (χ4v) is 4.52. The number of amides is 1. The number of sulfonamides is 1. The van der Waals surface area contributed by atoms with E-state index in [0.29, 0.717) is 12.5 Å². The van der Waals surface area contributed by atoms with Crippen LogP contribution in [0.2, 0.25) is 0 Å². The highest BCUT2D eigenvalue weighted by Crippen LogP contribution is 2.23.